The van der Waals surface area contributed by atoms with Crippen molar-refractivity contribution in [3.05, 3.63) is 12.3 Å². The number of rotatable bonds is 2. The van der Waals surface area contributed by atoms with Gasteiger partial charge in [-0.3, -0.25) is 0 Å². The largest absolute Gasteiger partial charge is 0.466 e. The Labute approximate surface area is 89.5 Å². The molecular weight excluding hydrogens is 198 g/mol. The highest BCUT2D eigenvalue weighted by Gasteiger charge is 2.19. The topological polar surface area (TPSA) is 29.5 Å². The summed E-state index contributed by atoms with van der Waals surface area (Å²) in [6.07, 6.45) is 3.31. The lowest BCUT2D eigenvalue weighted by Gasteiger charge is -2.33. The molecule has 0 aliphatic carbocycles. The fourth-order valence-electron chi connectivity index (χ4n) is 1.57. The molecule has 1 aliphatic rings. The van der Waals surface area contributed by atoms with Crippen LogP contribution in [-0.4, -0.2) is 41.6 Å². The zero-order valence-electron chi connectivity index (χ0n) is 8.90. The lowest BCUT2D eigenvalue weighted by atomic mass is 10.3. The Bertz CT molecular complexity index is 220. The van der Waals surface area contributed by atoms with Gasteiger partial charge in [-0.05, 0) is 0 Å². The van der Waals surface area contributed by atoms with E-state index in [0.29, 0.717) is 10.5 Å². The molecule has 0 aromatic carbocycles. The monoisotopic (exact) mass is 215 g/mol. The zero-order valence-corrected chi connectivity index (χ0v) is 9.71. The lowest BCUT2D eigenvalue weighted by Crippen LogP contribution is -2.36. The average Bonchev–Trinajstić information content (AvgIpc) is 2.12. The minimum Gasteiger partial charge on any atom is -0.466 e. The van der Waals surface area contributed by atoms with E-state index in [2.05, 4.69) is 23.5 Å². The highest BCUT2D eigenvalue weighted by atomic mass is 32.2. The fraction of sp³-hybridized carbons (Fsp3) is 0.700. The third-order valence-electron chi connectivity index (χ3n) is 2.07. The van der Waals surface area contributed by atoms with E-state index >= 15 is 0 Å². The third-order valence-corrected chi connectivity index (χ3v) is 3.30. The van der Waals surface area contributed by atoms with Gasteiger partial charge in [0.25, 0.3) is 0 Å². The molecule has 14 heavy (non-hydrogen) atoms. The molecule has 0 aromatic rings. The van der Waals surface area contributed by atoms with Crippen LogP contribution < -0.4 is 0 Å². The fourth-order valence-corrected chi connectivity index (χ4v) is 2.92. The van der Waals surface area contributed by atoms with E-state index in [-0.39, 0.29) is 5.97 Å². The maximum atomic E-state index is 10.9. The molecule has 2 atom stereocenters. The maximum absolute atomic E-state index is 10.9. The molecule has 1 heterocycles. The molecule has 0 radical (unpaired) electrons. The molecule has 2 unspecified atom stereocenters. The molecule has 0 N–H and O–H groups in total. The van der Waals surface area contributed by atoms with Crippen molar-refractivity contribution in [3.63, 3.8) is 0 Å². The Morgan fingerprint density at radius 3 is 2.50 bits per heavy atom. The molecule has 1 fully saturated rings. The van der Waals surface area contributed by atoms with Crippen molar-refractivity contribution in [3.8, 4) is 0 Å². The number of esters is 1. The zero-order chi connectivity index (χ0) is 10.6. The van der Waals surface area contributed by atoms with E-state index in [1.807, 2.05) is 18.0 Å². The quantitative estimate of drug-likeness (QED) is 0.516. The van der Waals surface area contributed by atoms with Gasteiger partial charge in [-0.25, -0.2) is 4.79 Å². The van der Waals surface area contributed by atoms with Crippen LogP contribution >= 0.6 is 11.8 Å². The third kappa shape index (κ3) is 3.62. The van der Waals surface area contributed by atoms with Gasteiger partial charge < -0.3 is 9.64 Å². The predicted octanol–water partition coefficient (Wildman–Crippen LogP) is 1.50. The first kappa shape index (κ1) is 11.4. The molecule has 1 saturated heterocycles. The van der Waals surface area contributed by atoms with E-state index < -0.39 is 0 Å². The first-order chi connectivity index (χ1) is 6.61. The molecular formula is C10H17NO2S. The van der Waals surface area contributed by atoms with E-state index in [0.717, 1.165) is 13.1 Å². The Hall–Kier alpha value is -0.640. The van der Waals surface area contributed by atoms with Gasteiger partial charge in [0.15, 0.2) is 0 Å². The van der Waals surface area contributed by atoms with Gasteiger partial charge >= 0.3 is 5.97 Å². The van der Waals surface area contributed by atoms with Gasteiger partial charge in [0.05, 0.1) is 7.11 Å². The molecule has 4 heteroatoms. The molecule has 0 amide bonds. The second-order valence-corrected chi connectivity index (χ2v) is 5.43. The Kier molecular flexibility index (Phi) is 4.32. The van der Waals surface area contributed by atoms with Crippen LogP contribution in [0, 0.1) is 0 Å². The van der Waals surface area contributed by atoms with E-state index in [1.165, 1.54) is 13.2 Å². The number of hydrogen-bond acceptors (Lipinski definition) is 4. The number of methoxy groups -OCH3 is 1. The van der Waals surface area contributed by atoms with E-state index in [1.54, 1.807) is 0 Å². The Balaban J connectivity index is 2.44. The summed E-state index contributed by atoms with van der Waals surface area (Å²) in [5.41, 5.74) is 0. The van der Waals surface area contributed by atoms with Gasteiger partial charge in [0, 0.05) is 35.9 Å². The summed E-state index contributed by atoms with van der Waals surface area (Å²) in [5.74, 6) is -0.288. The van der Waals surface area contributed by atoms with E-state index in [9.17, 15) is 4.79 Å². The number of hydrogen-bond donors (Lipinski definition) is 0. The van der Waals surface area contributed by atoms with Gasteiger partial charge in [-0.1, -0.05) is 13.8 Å². The van der Waals surface area contributed by atoms with Crippen molar-refractivity contribution in [2.45, 2.75) is 24.3 Å². The Morgan fingerprint density at radius 2 is 2.00 bits per heavy atom. The minimum atomic E-state index is -0.288. The van der Waals surface area contributed by atoms with Gasteiger partial charge in [0.2, 0.25) is 0 Å². The normalized spacial score (nSPS) is 28.1. The van der Waals surface area contributed by atoms with Crippen LogP contribution in [0.1, 0.15) is 13.8 Å². The average molecular weight is 215 g/mol. The first-order valence-electron chi connectivity index (χ1n) is 4.77. The molecule has 0 saturated carbocycles. The van der Waals surface area contributed by atoms with Gasteiger partial charge in [0.1, 0.15) is 0 Å². The summed E-state index contributed by atoms with van der Waals surface area (Å²) in [6, 6.07) is 0. The second kappa shape index (κ2) is 5.29. The number of ether oxygens (including phenoxy) is 1. The minimum absolute atomic E-state index is 0.288. The van der Waals surface area contributed by atoms with Crippen molar-refractivity contribution >= 4 is 17.7 Å². The van der Waals surface area contributed by atoms with Crippen molar-refractivity contribution < 1.29 is 9.53 Å². The molecule has 0 bridgehead atoms. The molecule has 80 valence electrons. The summed E-state index contributed by atoms with van der Waals surface area (Å²) in [4.78, 5) is 13.0. The molecule has 1 aliphatic heterocycles. The summed E-state index contributed by atoms with van der Waals surface area (Å²) >= 11 is 1.99. The van der Waals surface area contributed by atoms with E-state index in [4.69, 9.17) is 0 Å². The van der Waals surface area contributed by atoms with Crippen molar-refractivity contribution in [1.82, 2.24) is 4.90 Å². The molecule has 3 nitrogen and oxygen atoms in total. The highest BCUT2D eigenvalue weighted by molar-refractivity contribution is 8.00. The number of thioether (sulfide) groups is 1. The lowest BCUT2D eigenvalue weighted by molar-refractivity contribution is -0.134. The van der Waals surface area contributed by atoms with Crippen LogP contribution in [0.5, 0.6) is 0 Å². The number of carbonyl (C=O) groups is 1. The molecule has 0 spiro atoms. The van der Waals surface area contributed by atoms with Crippen LogP contribution in [0.4, 0.5) is 0 Å². The van der Waals surface area contributed by atoms with Crippen molar-refractivity contribution in [2.24, 2.45) is 0 Å². The first-order valence-corrected chi connectivity index (χ1v) is 5.71. The summed E-state index contributed by atoms with van der Waals surface area (Å²) < 4.78 is 4.54. The molecule has 1 rings (SSSR count). The van der Waals surface area contributed by atoms with Crippen LogP contribution in [-0.2, 0) is 9.53 Å². The number of carbonyl (C=O) groups excluding carboxylic acids is 1. The van der Waals surface area contributed by atoms with Crippen LogP contribution in [0.25, 0.3) is 0 Å². The second-order valence-electron chi connectivity index (χ2n) is 3.55. The van der Waals surface area contributed by atoms with Crippen molar-refractivity contribution in [1.29, 1.82) is 0 Å². The van der Waals surface area contributed by atoms with Crippen LogP contribution in [0.15, 0.2) is 12.3 Å². The van der Waals surface area contributed by atoms with Gasteiger partial charge in [-0.2, -0.15) is 11.8 Å². The van der Waals surface area contributed by atoms with Crippen LogP contribution in [0.3, 0.4) is 0 Å². The summed E-state index contributed by atoms with van der Waals surface area (Å²) in [7, 11) is 1.39. The summed E-state index contributed by atoms with van der Waals surface area (Å²) in [6.45, 7) is 6.42. The molecule has 0 aromatic heterocycles. The smallest absolute Gasteiger partial charge is 0.331 e. The highest BCUT2D eigenvalue weighted by Crippen LogP contribution is 2.24. The predicted molar refractivity (Wildman–Crippen MR) is 59.2 cm³/mol. The standard InChI is InChI=1S/C10H17NO2S/c1-8-6-11(7-9(2)14-8)5-4-10(12)13-3/h4-5,8-9H,6-7H2,1-3H3/b5-4+. The van der Waals surface area contributed by atoms with Crippen LogP contribution in [0.2, 0.25) is 0 Å². The maximum Gasteiger partial charge on any atom is 0.331 e. The number of nitrogens with zero attached hydrogens (tertiary/aromatic N) is 1. The SMILES string of the molecule is COC(=O)/C=C/N1CC(C)SC(C)C1. The van der Waals surface area contributed by atoms with Gasteiger partial charge in [-0.15, -0.1) is 0 Å². The Morgan fingerprint density at radius 1 is 1.43 bits per heavy atom. The summed E-state index contributed by atoms with van der Waals surface area (Å²) in [5, 5.41) is 1.25. The van der Waals surface area contributed by atoms with Crippen molar-refractivity contribution in [2.75, 3.05) is 20.2 Å².